The molecule has 0 amide bonds. The van der Waals surface area contributed by atoms with Crippen LogP contribution in [0.3, 0.4) is 0 Å². The number of esters is 2. The molecule has 3 aliphatic carbocycles. The van der Waals surface area contributed by atoms with Gasteiger partial charge in [-0.05, 0) is 58.3 Å². The second kappa shape index (κ2) is 10.6. The van der Waals surface area contributed by atoms with Crippen LogP contribution in [0.15, 0.2) is 20.0 Å². The lowest BCUT2D eigenvalue weighted by Crippen LogP contribution is -2.46. The maximum atomic E-state index is 13.4. The Hall–Kier alpha value is -4.18. The zero-order chi connectivity index (χ0) is 29.6. The van der Waals surface area contributed by atoms with E-state index in [1.54, 1.807) is 11.5 Å². The number of aryl methyl sites for hydroxylation is 2. The molecule has 3 atom stereocenters. The van der Waals surface area contributed by atoms with Crippen LogP contribution in [-0.4, -0.2) is 43.7 Å². The molecule has 0 unspecified atom stereocenters. The van der Waals surface area contributed by atoms with Gasteiger partial charge in [-0.25, -0.2) is 19.7 Å². The van der Waals surface area contributed by atoms with Gasteiger partial charge in [-0.3, -0.25) is 14.2 Å². The number of carbonyl (C=O) groups is 2. The van der Waals surface area contributed by atoms with Crippen LogP contribution in [0.2, 0.25) is 0 Å². The fraction of sp³-hybridized carbons (Fsp3) is 0.586. The van der Waals surface area contributed by atoms with Crippen molar-refractivity contribution < 1.29 is 32.6 Å². The highest BCUT2D eigenvalue weighted by Crippen LogP contribution is 2.51. The number of nitrogen functional groups attached to an aromatic ring is 1. The summed E-state index contributed by atoms with van der Waals surface area (Å²) in [4.78, 5) is 50.8. The Labute approximate surface area is 241 Å². The Morgan fingerprint density at radius 2 is 1.90 bits per heavy atom. The number of aromatic nitrogens is 4. The summed E-state index contributed by atoms with van der Waals surface area (Å²) in [6.07, 6.45) is 12.6. The van der Waals surface area contributed by atoms with E-state index in [0.717, 1.165) is 38.5 Å². The molecule has 222 valence electrons. The molecule has 13 heteroatoms. The Kier molecular flexibility index (Phi) is 7.04. The number of terminal acetylenes is 1. The van der Waals surface area contributed by atoms with Gasteiger partial charge in [0.15, 0.2) is 35.2 Å². The van der Waals surface area contributed by atoms with Crippen LogP contribution in [0, 0.1) is 43.4 Å². The third kappa shape index (κ3) is 4.93. The van der Waals surface area contributed by atoms with Crippen molar-refractivity contribution in [2.75, 3.05) is 12.3 Å². The molecule has 4 fully saturated rings. The molecule has 0 radical (unpaired) electrons. The summed E-state index contributed by atoms with van der Waals surface area (Å²) in [7, 11) is 0. The number of imidazole rings is 1. The molecule has 1 saturated heterocycles. The summed E-state index contributed by atoms with van der Waals surface area (Å²) in [6, 6.07) is 0. The van der Waals surface area contributed by atoms with E-state index in [1.807, 2.05) is 0 Å². The number of carbonyl (C=O) groups excluding carboxylic acids is 2. The van der Waals surface area contributed by atoms with Gasteiger partial charge in [-0.2, -0.15) is 0 Å². The molecule has 0 spiro atoms. The predicted octanol–water partition coefficient (Wildman–Crippen LogP) is 3.13. The highest BCUT2D eigenvalue weighted by Gasteiger charge is 2.53. The van der Waals surface area contributed by atoms with Gasteiger partial charge in [-0.1, -0.05) is 5.92 Å². The van der Waals surface area contributed by atoms with Gasteiger partial charge in [0.2, 0.25) is 0 Å². The summed E-state index contributed by atoms with van der Waals surface area (Å²) in [6.45, 7) is 2.75. The first kappa shape index (κ1) is 28.0. The average Bonchev–Trinajstić information content (AvgIpc) is 3.66. The van der Waals surface area contributed by atoms with E-state index < -0.39 is 35.0 Å². The molecule has 3 aromatic heterocycles. The summed E-state index contributed by atoms with van der Waals surface area (Å²) in [5, 5.41) is 0. The Morgan fingerprint density at radius 3 is 2.57 bits per heavy atom. The average molecular weight is 580 g/mol. The quantitative estimate of drug-likeness (QED) is 0.305. The third-order valence-corrected chi connectivity index (χ3v) is 9.16. The van der Waals surface area contributed by atoms with Crippen molar-refractivity contribution in [3.63, 3.8) is 0 Å². The van der Waals surface area contributed by atoms with E-state index in [9.17, 15) is 14.4 Å². The van der Waals surface area contributed by atoms with Crippen LogP contribution in [0.25, 0.3) is 11.2 Å². The van der Waals surface area contributed by atoms with Crippen LogP contribution in [0.5, 0.6) is 0 Å². The minimum Gasteiger partial charge on any atom is -0.461 e. The zero-order valence-electron chi connectivity index (χ0n) is 23.6. The van der Waals surface area contributed by atoms with E-state index in [-0.39, 0.29) is 49.4 Å². The first-order chi connectivity index (χ1) is 20.1. The fourth-order valence-corrected chi connectivity index (χ4v) is 6.64. The maximum Gasteiger partial charge on any atom is 0.519 e. The largest absolute Gasteiger partial charge is 0.519 e. The highest BCUT2D eigenvalue weighted by atomic mass is 16.6. The Bertz CT molecular complexity index is 1610. The van der Waals surface area contributed by atoms with E-state index in [4.69, 9.17) is 35.2 Å². The second-order valence-corrected chi connectivity index (χ2v) is 11.7. The van der Waals surface area contributed by atoms with E-state index in [1.165, 1.54) is 13.3 Å². The number of rotatable bonds is 8. The molecule has 42 heavy (non-hydrogen) atoms. The molecule has 3 saturated carbocycles. The van der Waals surface area contributed by atoms with Crippen molar-refractivity contribution in [2.45, 2.75) is 83.6 Å². The van der Waals surface area contributed by atoms with Crippen molar-refractivity contribution in [2.24, 2.45) is 17.3 Å². The lowest BCUT2D eigenvalue weighted by atomic mass is 9.61. The summed E-state index contributed by atoms with van der Waals surface area (Å²) >= 11 is 0. The van der Waals surface area contributed by atoms with Gasteiger partial charge in [0.1, 0.15) is 24.2 Å². The van der Waals surface area contributed by atoms with Crippen molar-refractivity contribution in [1.82, 2.24) is 19.5 Å². The minimum atomic E-state index is -1.43. The first-order valence-corrected chi connectivity index (χ1v) is 14.2. The van der Waals surface area contributed by atoms with E-state index in [2.05, 4.69) is 20.9 Å². The topological polar surface area (TPSA) is 175 Å². The van der Waals surface area contributed by atoms with Crippen LogP contribution in [-0.2, 0) is 30.4 Å². The fourth-order valence-electron chi connectivity index (χ4n) is 6.64. The lowest BCUT2D eigenvalue weighted by Gasteiger charge is -2.44. The summed E-state index contributed by atoms with van der Waals surface area (Å²) in [5.41, 5.74) is 5.02. The first-order valence-electron chi connectivity index (χ1n) is 14.2. The van der Waals surface area contributed by atoms with Gasteiger partial charge >= 0.3 is 17.8 Å². The second-order valence-electron chi connectivity index (χ2n) is 11.7. The number of nitrogens with two attached hydrogens (primary N) is 1. The van der Waals surface area contributed by atoms with Crippen molar-refractivity contribution in [1.29, 1.82) is 0 Å². The number of hydrogen-bond donors (Lipinski definition) is 1. The standard InChI is InChI=1S/C29H33N5O8/c1-4-29(14-39-26(36)28-8-5-18(6-9-28)7-10-28)19(12-22(35)38-13-20-16(2)40-27(37)41-20)11-21(42-29)34-15-31-23-24(30)32-17(3)33-25(23)34/h1,15,18-19,21H,5-14H2,2-3H3,(H2,30,32,33)/t18?,19-,21-,28?,29-/m1/s1. The Morgan fingerprint density at radius 1 is 1.17 bits per heavy atom. The van der Waals surface area contributed by atoms with E-state index in [0.29, 0.717) is 22.9 Å². The molecule has 1 aliphatic heterocycles. The van der Waals surface area contributed by atoms with Crippen molar-refractivity contribution >= 4 is 28.9 Å². The molecule has 0 aromatic carbocycles. The van der Waals surface area contributed by atoms with Gasteiger partial charge in [-0.15, -0.1) is 6.42 Å². The van der Waals surface area contributed by atoms with Crippen molar-refractivity contribution in [3.05, 3.63) is 34.3 Å². The number of fused-ring (bicyclic) bond motifs is 4. The Balaban J connectivity index is 1.24. The smallest absolute Gasteiger partial charge is 0.461 e. The number of ether oxygens (including phenoxy) is 3. The van der Waals surface area contributed by atoms with Crippen LogP contribution in [0.4, 0.5) is 5.82 Å². The predicted molar refractivity (Wildman–Crippen MR) is 145 cm³/mol. The van der Waals surface area contributed by atoms with E-state index >= 15 is 0 Å². The lowest BCUT2D eigenvalue weighted by molar-refractivity contribution is -0.172. The number of hydrogen-bond acceptors (Lipinski definition) is 12. The van der Waals surface area contributed by atoms with Crippen molar-refractivity contribution in [3.8, 4) is 12.3 Å². The number of nitrogens with zero attached hydrogens (tertiary/aromatic N) is 4. The number of anilines is 1. The van der Waals surface area contributed by atoms with Crippen LogP contribution < -0.4 is 11.6 Å². The molecule has 3 aromatic rings. The monoisotopic (exact) mass is 579 g/mol. The molecule has 7 rings (SSSR count). The third-order valence-electron chi connectivity index (χ3n) is 9.16. The molecule has 2 N–H and O–H groups in total. The highest BCUT2D eigenvalue weighted by molar-refractivity contribution is 5.81. The van der Waals surface area contributed by atoms with Gasteiger partial charge in [0.05, 0.1) is 18.2 Å². The zero-order valence-corrected chi connectivity index (χ0v) is 23.6. The van der Waals surface area contributed by atoms with Gasteiger partial charge < -0.3 is 28.8 Å². The van der Waals surface area contributed by atoms with Crippen LogP contribution >= 0.6 is 0 Å². The SMILES string of the molecule is C#C[C@]1(COC(=O)C23CCC(CC2)CC3)O[C@@H](n2cnc3c(N)nc(C)nc32)C[C@@H]1CC(=O)OCc1oc(=O)oc1C. The molecular formula is C29H33N5O8. The molecule has 2 bridgehead atoms. The summed E-state index contributed by atoms with van der Waals surface area (Å²) < 4.78 is 29.2. The molecular weight excluding hydrogens is 546 g/mol. The normalized spacial score (nSPS) is 28.5. The van der Waals surface area contributed by atoms with Gasteiger partial charge in [0, 0.05) is 12.3 Å². The molecule has 4 aliphatic rings. The maximum absolute atomic E-state index is 13.4. The molecule has 13 nitrogen and oxygen atoms in total. The van der Waals surface area contributed by atoms with Crippen LogP contribution in [0.1, 0.15) is 74.9 Å². The molecule has 4 heterocycles. The minimum absolute atomic E-state index is 0.116. The summed E-state index contributed by atoms with van der Waals surface area (Å²) in [5.74, 6) is 2.09. The van der Waals surface area contributed by atoms with Gasteiger partial charge in [0.25, 0.3) is 0 Å².